The summed E-state index contributed by atoms with van der Waals surface area (Å²) in [6.07, 6.45) is 5.15. The number of aromatic nitrogens is 3. The van der Waals surface area contributed by atoms with Crippen molar-refractivity contribution in [1.29, 1.82) is 0 Å². The highest BCUT2D eigenvalue weighted by Crippen LogP contribution is 2.28. The molecule has 0 aliphatic rings. The van der Waals surface area contributed by atoms with E-state index >= 15 is 0 Å². The summed E-state index contributed by atoms with van der Waals surface area (Å²) < 4.78 is 2.12. The van der Waals surface area contributed by atoms with Crippen LogP contribution in [0.4, 0.5) is 0 Å². The van der Waals surface area contributed by atoms with Crippen molar-refractivity contribution in [3.8, 4) is 11.3 Å². The van der Waals surface area contributed by atoms with E-state index in [2.05, 4.69) is 20.6 Å². The van der Waals surface area contributed by atoms with Crippen LogP contribution < -0.4 is 0 Å². The fourth-order valence-corrected chi connectivity index (χ4v) is 2.21. The molecule has 0 fully saturated rings. The van der Waals surface area contributed by atoms with Gasteiger partial charge in [0.15, 0.2) is 0 Å². The number of fused-ring (bicyclic) bond motifs is 1. The van der Waals surface area contributed by atoms with E-state index in [1.165, 1.54) is 6.33 Å². The molecule has 0 radical (unpaired) electrons. The summed E-state index contributed by atoms with van der Waals surface area (Å²) >= 11 is 5.99. The van der Waals surface area contributed by atoms with Crippen LogP contribution in [0.5, 0.6) is 0 Å². The second-order valence-electron chi connectivity index (χ2n) is 3.92. The van der Waals surface area contributed by atoms with Crippen molar-refractivity contribution in [3.05, 3.63) is 48.0 Å². The highest BCUT2D eigenvalue weighted by Gasteiger charge is 2.08. The molecular weight excluding hydrogens is 234 g/mol. The molecule has 4 heteroatoms. The summed E-state index contributed by atoms with van der Waals surface area (Å²) in [5.74, 6) is 0. The Morgan fingerprint density at radius 2 is 1.88 bits per heavy atom. The predicted molar refractivity (Wildman–Crippen MR) is 69.0 cm³/mol. The molecule has 1 aromatic carbocycles. The van der Waals surface area contributed by atoms with Crippen LogP contribution in [0, 0.1) is 0 Å². The minimum atomic E-state index is 0.749. The SMILES string of the molecule is Cn1c(-c2cncnc2)cc2cc(Cl)ccc21. The van der Waals surface area contributed by atoms with Gasteiger partial charge in [-0.25, -0.2) is 9.97 Å². The fourth-order valence-electron chi connectivity index (χ4n) is 2.03. The fraction of sp³-hybridized carbons (Fsp3) is 0.0769. The summed E-state index contributed by atoms with van der Waals surface area (Å²) in [5.41, 5.74) is 3.23. The molecular formula is C13H10ClN3. The molecule has 3 aromatic rings. The molecule has 0 aliphatic heterocycles. The van der Waals surface area contributed by atoms with Gasteiger partial charge in [-0.15, -0.1) is 0 Å². The Morgan fingerprint density at radius 1 is 1.12 bits per heavy atom. The minimum absolute atomic E-state index is 0.749. The van der Waals surface area contributed by atoms with Gasteiger partial charge in [-0.05, 0) is 24.3 Å². The van der Waals surface area contributed by atoms with Gasteiger partial charge in [-0.2, -0.15) is 0 Å². The first-order valence-electron chi connectivity index (χ1n) is 5.26. The largest absolute Gasteiger partial charge is 0.344 e. The maximum absolute atomic E-state index is 5.99. The van der Waals surface area contributed by atoms with Crippen LogP contribution in [0.25, 0.3) is 22.2 Å². The molecule has 84 valence electrons. The van der Waals surface area contributed by atoms with Crippen molar-refractivity contribution in [2.45, 2.75) is 0 Å². The van der Waals surface area contributed by atoms with Crippen molar-refractivity contribution < 1.29 is 0 Å². The second kappa shape index (κ2) is 3.86. The summed E-state index contributed by atoms with van der Waals surface area (Å²) in [4.78, 5) is 8.08. The third kappa shape index (κ3) is 1.68. The molecule has 0 unspecified atom stereocenters. The molecule has 0 atom stereocenters. The topological polar surface area (TPSA) is 30.7 Å². The van der Waals surface area contributed by atoms with Crippen LogP contribution in [0.3, 0.4) is 0 Å². The maximum atomic E-state index is 5.99. The quantitative estimate of drug-likeness (QED) is 0.657. The Labute approximate surface area is 104 Å². The van der Waals surface area contributed by atoms with Gasteiger partial charge in [-0.1, -0.05) is 11.6 Å². The van der Waals surface area contributed by atoms with Gasteiger partial charge in [0.1, 0.15) is 6.33 Å². The number of aryl methyl sites for hydroxylation is 1. The van der Waals surface area contributed by atoms with Crippen LogP contribution in [0.1, 0.15) is 0 Å². The third-order valence-corrected chi connectivity index (χ3v) is 3.10. The lowest BCUT2D eigenvalue weighted by atomic mass is 10.2. The molecule has 0 bridgehead atoms. The molecule has 0 saturated carbocycles. The number of nitrogens with zero attached hydrogens (tertiary/aromatic N) is 3. The van der Waals surface area contributed by atoms with E-state index in [9.17, 15) is 0 Å². The van der Waals surface area contributed by atoms with E-state index in [1.54, 1.807) is 0 Å². The van der Waals surface area contributed by atoms with Crippen LogP contribution >= 0.6 is 11.6 Å². The van der Waals surface area contributed by atoms with Gasteiger partial charge < -0.3 is 4.57 Å². The maximum Gasteiger partial charge on any atom is 0.115 e. The van der Waals surface area contributed by atoms with E-state index in [0.717, 1.165) is 27.2 Å². The average molecular weight is 244 g/mol. The lowest BCUT2D eigenvalue weighted by molar-refractivity contribution is 0.973. The Hall–Kier alpha value is -1.87. The van der Waals surface area contributed by atoms with E-state index in [-0.39, 0.29) is 0 Å². The summed E-state index contributed by atoms with van der Waals surface area (Å²) in [6, 6.07) is 7.98. The molecule has 3 nitrogen and oxygen atoms in total. The Balaban J connectivity index is 2.28. The molecule has 0 spiro atoms. The van der Waals surface area contributed by atoms with Crippen LogP contribution in [-0.2, 0) is 7.05 Å². The van der Waals surface area contributed by atoms with Gasteiger partial charge in [0.2, 0.25) is 0 Å². The monoisotopic (exact) mass is 243 g/mol. The Bertz CT molecular complexity index is 674. The smallest absolute Gasteiger partial charge is 0.115 e. The first-order valence-corrected chi connectivity index (χ1v) is 5.64. The third-order valence-electron chi connectivity index (χ3n) is 2.86. The number of hydrogen-bond donors (Lipinski definition) is 0. The standard InChI is InChI=1S/C13H10ClN3/c1-17-12-3-2-11(14)4-9(12)5-13(17)10-6-15-8-16-7-10/h2-8H,1H3. The normalized spacial score (nSPS) is 10.9. The van der Waals surface area contributed by atoms with Gasteiger partial charge >= 0.3 is 0 Å². The average Bonchev–Trinajstić information content (AvgIpc) is 2.67. The van der Waals surface area contributed by atoms with Crippen molar-refractivity contribution >= 4 is 22.5 Å². The van der Waals surface area contributed by atoms with Gasteiger partial charge in [0.05, 0.1) is 5.69 Å². The van der Waals surface area contributed by atoms with Crippen molar-refractivity contribution in [3.63, 3.8) is 0 Å². The van der Waals surface area contributed by atoms with Crippen LogP contribution in [0.15, 0.2) is 43.0 Å². The van der Waals surface area contributed by atoms with Crippen molar-refractivity contribution in [1.82, 2.24) is 14.5 Å². The molecule has 2 heterocycles. The van der Waals surface area contributed by atoms with Crippen LogP contribution in [-0.4, -0.2) is 14.5 Å². The van der Waals surface area contributed by atoms with Crippen molar-refractivity contribution in [2.24, 2.45) is 7.05 Å². The highest BCUT2D eigenvalue weighted by molar-refractivity contribution is 6.31. The molecule has 3 rings (SSSR count). The molecule has 17 heavy (non-hydrogen) atoms. The zero-order valence-electron chi connectivity index (χ0n) is 9.26. The molecule has 0 saturated heterocycles. The first-order chi connectivity index (χ1) is 8.25. The molecule has 2 aromatic heterocycles. The zero-order valence-corrected chi connectivity index (χ0v) is 10.0. The van der Waals surface area contributed by atoms with Crippen molar-refractivity contribution in [2.75, 3.05) is 0 Å². The lowest BCUT2D eigenvalue weighted by Crippen LogP contribution is -1.91. The van der Waals surface area contributed by atoms with Gasteiger partial charge in [0, 0.05) is 40.9 Å². The second-order valence-corrected chi connectivity index (χ2v) is 4.36. The van der Waals surface area contributed by atoms with Gasteiger partial charge in [-0.3, -0.25) is 0 Å². The highest BCUT2D eigenvalue weighted by atomic mass is 35.5. The first kappa shape index (κ1) is 10.3. The Morgan fingerprint density at radius 3 is 2.65 bits per heavy atom. The van der Waals surface area contributed by atoms with E-state index < -0.39 is 0 Å². The lowest BCUT2D eigenvalue weighted by Gasteiger charge is -2.02. The predicted octanol–water partition coefficient (Wildman–Crippen LogP) is 3.29. The summed E-state index contributed by atoms with van der Waals surface area (Å²) in [5, 5.41) is 1.87. The van der Waals surface area contributed by atoms with E-state index in [4.69, 9.17) is 11.6 Å². The number of hydrogen-bond acceptors (Lipinski definition) is 2. The summed E-state index contributed by atoms with van der Waals surface area (Å²) in [7, 11) is 2.03. The number of benzene rings is 1. The van der Waals surface area contributed by atoms with Crippen LogP contribution in [0.2, 0.25) is 5.02 Å². The molecule has 0 N–H and O–H groups in total. The summed E-state index contributed by atoms with van der Waals surface area (Å²) in [6.45, 7) is 0. The molecule has 0 amide bonds. The Kier molecular flexibility index (Phi) is 2.34. The van der Waals surface area contributed by atoms with Gasteiger partial charge in [0.25, 0.3) is 0 Å². The molecule has 0 aliphatic carbocycles. The minimum Gasteiger partial charge on any atom is -0.344 e. The number of halogens is 1. The van der Waals surface area contributed by atoms with E-state index in [0.29, 0.717) is 0 Å². The zero-order chi connectivity index (χ0) is 11.8. The van der Waals surface area contributed by atoms with E-state index in [1.807, 2.05) is 37.6 Å². The number of rotatable bonds is 1.